The second-order valence-electron chi connectivity index (χ2n) is 3.72. The van der Waals surface area contributed by atoms with E-state index in [-0.39, 0.29) is 6.61 Å². The van der Waals surface area contributed by atoms with E-state index in [0.29, 0.717) is 37.7 Å². The van der Waals surface area contributed by atoms with Gasteiger partial charge in [-0.05, 0) is 24.3 Å². The zero-order valence-electron chi connectivity index (χ0n) is 10.6. The maximum absolute atomic E-state index is 12.2. The zero-order chi connectivity index (χ0) is 13.9. The second kappa shape index (κ2) is 9.24. The summed E-state index contributed by atoms with van der Waals surface area (Å²) in [6, 6.07) is 6.81. The van der Waals surface area contributed by atoms with E-state index in [1.807, 2.05) is 0 Å². The highest BCUT2D eigenvalue weighted by Crippen LogP contribution is 2.10. The van der Waals surface area contributed by atoms with Gasteiger partial charge in [0.05, 0.1) is 26.4 Å². The van der Waals surface area contributed by atoms with Gasteiger partial charge < -0.3 is 14.2 Å². The van der Waals surface area contributed by atoms with Crippen molar-refractivity contribution in [3.63, 3.8) is 0 Å². The molecule has 5 heteroatoms. The number of ether oxygens (including phenoxy) is 3. The van der Waals surface area contributed by atoms with E-state index < -0.39 is 5.83 Å². The Morgan fingerprint density at radius 3 is 2.37 bits per heavy atom. The number of hydrogen-bond donors (Lipinski definition) is 0. The van der Waals surface area contributed by atoms with E-state index >= 15 is 0 Å². The number of benzene rings is 1. The number of hydrogen-bond acceptors (Lipinski definition) is 4. The molecule has 0 spiro atoms. The molecule has 0 N–H and O–H groups in total. The van der Waals surface area contributed by atoms with Gasteiger partial charge in [-0.1, -0.05) is 6.58 Å². The molecule has 4 nitrogen and oxygen atoms in total. The Hall–Kier alpha value is -1.72. The summed E-state index contributed by atoms with van der Waals surface area (Å²) in [5.41, 5.74) is 0.607. The Kier molecular flexibility index (Phi) is 7.46. The summed E-state index contributed by atoms with van der Waals surface area (Å²) in [6.45, 7) is 4.48. The van der Waals surface area contributed by atoms with Crippen molar-refractivity contribution in [1.29, 1.82) is 0 Å². The predicted octanol–water partition coefficient (Wildman–Crippen LogP) is 2.39. The molecule has 0 bridgehead atoms. The van der Waals surface area contributed by atoms with Gasteiger partial charge in [0.2, 0.25) is 0 Å². The summed E-state index contributed by atoms with van der Waals surface area (Å²) in [4.78, 5) is 10.4. The molecular formula is C14H17FO4. The van der Waals surface area contributed by atoms with Crippen molar-refractivity contribution in [2.24, 2.45) is 0 Å². The normalized spacial score (nSPS) is 10.2. The minimum Gasteiger partial charge on any atom is -0.491 e. The zero-order valence-corrected chi connectivity index (χ0v) is 10.6. The lowest BCUT2D eigenvalue weighted by molar-refractivity contribution is 0.0399. The van der Waals surface area contributed by atoms with Crippen LogP contribution in [0.2, 0.25) is 0 Å². The lowest BCUT2D eigenvalue weighted by atomic mass is 10.2. The van der Waals surface area contributed by atoms with Crippen molar-refractivity contribution in [3.05, 3.63) is 42.2 Å². The van der Waals surface area contributed by atoms with E-state index in [2.05, 4.69) is 6.58 Å². The van der Waals surface area contributed by atoms with Gasteiger partial charge in [0, 0.05) is 5.56 Å². The molecule has 0 radical (unpaired) electrons. The Balaban J connectivity index is 2.01. The second-order valence-corrected chi connectivity index (χ2v) is 3.72. The fourth-order valence-corrected chi connectivity index (χ4v) is 1.26. The first kappa shape index (κ1) is 15.3. The fraction of sp³-hybridized carbons (Fsp3) is 0.357. The molecule has 0 aliphatic heterocycles. The first-order valence-electron chi connectivity index (χ1n) is 5.89. The van der Waals surface area contributed by atoms with E-state index in [4.69, 9.17) is 14.2 Å². The minimum absolute atomic E-state index is 0.0943. The molecule has 1 aromatic rings. The molecule has 0 atom stereocenters. The van der Waals surface area contributed by atoms with E-state index in [9.17, 15) is 9.18 Å². The van der Waals surface area contributed by atoms with Crippen molar-refractivity contribution >= 4 is 6.29 Å². The molecule has 1 rings (SSSR count). The monoisotopic (exact) mass is 268 g/mol. The van der Waals surface area contributed by atoms with Gasteiger partial charge in [-0.2, -0.15) is 0 Å². The summed E-state index contributed by atoms with van der Waals surface area (Å²) in [6.07, 6.45) is 0.777. The standard InChI is InChI=1S/C14H17FO4/c1-12(15)11-18-7-6-17-8-9-19-14-4-2-13(10-16)3-5-14/h2-5,10H,1,6-9,11H2. The third-order valence-corrected chi connectivity index (χ3v) is 2.14. The number of rotatable bonds is 10. The van der Waals surface area contributed by atoms with E-state index in [1.165, 1.54) is 0 Å². The molecule has 0 heterocycles. The molecule has 0 saturated heterocycles. The van der Waals surface area contributed by atoms with Gasteiger partial charge in [0.15, 0.2) is 0 Å². The molecule has 0 amide bonds. The average Bonchev–Trinajstić information content (AvgIpc) is 2.42. The molecule has 0 fully saturated rings. The Morgan fingerprint density at radius 2 is 1.74 bits per heavy atom. The van der Waals surface area contributed by atoms with Gasteiger partial charge in [-0.15, -0.1) is 0 Å². The third kappa shape index (κ3) is 7.33. The third-order valence-electron chi connectivity index (χ3n) is 2.14. The molecule has 0 aliphatic carbocycles. The van der Waals surface area contributed by atoms with Crippen LogP contribution in [-0.2, 0) is 9.47 Å². The highest BCUT2D eigenvalue weighted by Gasteiger charge is 1.95. The van der Waals surface area contributed by atoms with Crippen molar-refractivity contribution < 1.29 is 23.4 Å². The Labute approximate surface area is 111 Å². The van der Waals surface area contributed by atoms with Crippen molar-refractivity contribution in [2.45, 2.75) is 0 Å². The van der Waals surface area contributed by atoms with Crippen LogP contribution >= 0.6 is 0 Å². The number of carbonyl (C=O) groups is 1. The molecule has 104 valence electrons. The Morgan fingerprint density at radius 1 is 1.11 bits per heavy atom. The molecule has 0 unspecified atom stereocenters. The lowest BCUT2D eigenvalue weighted by Crippen LogP contribution is -2.11. The molecule has 1 aromatic carbocycles. The number of carbonyl (C=O) groups excluding carboxylic acids is 1. The first-order valence-corrected chi connectivity index (χ1v) is 5.89. The van der Waals surface area contributed by atoms with Crippen LogP contribution in [0.5, 0.6) is 5.75 Å². The van der Waals surface area contributed by atoms with Crippen LogP contribution < -0.4 is 4.74 Å². The average molecular weight is 268 g/mol. The minimum atomic E-state index is -0.498. The van der Waals surface area contributed by atoms with E-state index in [1.54, 1.807) is 24.3 Å². The number of aldehydes is 1. The fourth-order valence-electron chi connectivity index (χ4n) is 1.26. The molecule has 0 aromatic heterocycles. The van der Waals surface area contributed by atoms with Gasteiger partial charge in [0.1, 0.15) is 24.5 Å². The van der Waals surface area contributed by atoms with Crippen LogP contribution in [0.15, 0.2) is 36.7 Å². The molecule has 0 saturated carbocycles. The lowest BCUT2D eigenvalue weighted by Gasteiger charge is -2.07. The molecular weight excluding hydrogens is 251 g/mol. The molecule has 0 aliphatic rings. The SMILES string of the molecule is C=C(F)COCCOCCOc1ccc(C=O)cc1. The van der Waals surface area contributed by atoms with Crippen LogP contribution in [0.3, 0.4) is 0 Å². The van der Waals surface area contributed by atoms with Crippen LogP contribution in [0.1, 0.15) is 10.4 Å². The van der Waals surface area contributed by atoms with Crippen LogP contribution in [0, 0.1) is 0 Å². The van der Waals surface area contributed by atoms with Crippen LogP contribution in [0.25, 0.3) is 0 Å². The van der Waals surface area contributed by atoms with Crippen LogP contribution in [-0.4, -0.2) is 39.3 Å². The summed E-state index contributed by atoms with van der Waals surface area (Å²) >= 11 is 0. The highest BCUT2D eigenvalue weighted by atomic mass is 19.1. The highest BCUT2D eigenvalue weighted by molar-refractivity contribution is 5.74. The van der Waals surface area contributed by atoms with Gasteiger partial charge in [-0.3, -0.25) is 4.79 Å². The largest absolute Gasteiger partial charge is 0.491 e. The maximum atomic E-state index is 12.2. The van der Waals surface area contributed by atoms with Crippen molar-refractivity contribution in [2.75, 3.05) is 33.0 Å². The smallest absolute Gasteiger partial charge is 0.150 e. The molecule has 19 heavy (non-hydrogen) atoms. The van der Waals surface area contributed by atoms with Crippen LogP contribution in [0.4, 0.5) is 4.39 Å². The quantitative estimate of drug-likeness (QED) is 0.483. The summed E-state index contributed by atoms with van der Waals surface area (Å²) in [5.74, 6) is 0.182. The van der Waals surface area contributed by atoms with Crippen molar-refractivity contribution in [3.8, 4) is 5.75 Å². The maximum Gasteiger partial charge on any atom is 0.150 e. The van der Waals surface area contributed by atoms with Crippen molar-refractivity contribution in [1.82, 2.24) is 0 Å². The topological polar surface area (TPSA) is 44.8 Å². The van der Waals surface area contributed by atoms with Gasteiger partial charge in [0.25, 0.3) is 0 Å². The van der Waals surface area contributed by atoms with Gasteiger partial charge >= 0.3 is 0 Å². The summed E-state index contributed by atoms with van der Waals surface area (Å²) < 4.78 is 27.7. The summed E-state index contributed by atoms with van der Waals surface area (Å²) in [7, 11) is 0. The number of halogens is 1. The summed E-state index contributed by atoms with van der Waals surface area (Å²) in [5, 5.41) is 0. The predicted molar refractivity (Wildman–Crippen MR) is 69.2 cm³/mol. The van der Waals surface area contributed by atoms with E-state index in [0.717, 1.165) is 6.29 Å². The first-order chi connectivity index (χ1) is 9.22. The van der Waals surface area contributed by atoms with Gasteiger partial charge in [-0.25, -0.2) is 4.39 Å². The Bertz CT molecular complexity index is 389.